The van der Waals surface area contributed by atoms with Crippen LogP contribution in [-0.4, -0.2) is 56.5 Å². The Kier molecular flexibility index (Phi) is 6.40. The van der Waals surface area contributed by atoms with Crippen LogP contribution >= 0.6 is 0 Å². The standard InChI is InChI=1S/C17H23NO5/c1-21-14-8-10-18(11-9-14)17(20)23-15(16(19)22-2)12-13-6-4-3-5-7-13/h3-7,14-15H,8-12H2,1-2H3/t15-/m0/s1. The molecule has 0 bridgehead atoms. The number of esters is 1. The third kappa shape index (κ3) is 4.96. The minimum Gasteiger partial charge on any atom is -0.466 e. The molecule has 1 saturated heterocycles. The molecule has 1 heterocycles. The lowest BCUT2D eigenvalue weighted by Gasteiger charge is -2.31. The zero-order valence-electron chi connectivity index (χ0n) is 13.6. The predicted molar refractivity (Wildman–Crippen MR) is 84.0 cm³/mol. The summed E-state index contributed by atoms with van der Waals surface area (Å²) in [6.07, 6.45) is 0.606. The first-order valence-electron chi connectivity index (χ1n) is 7.74. The summed E-state index contributed by atoms with van der Waals surface area (Å²) in [6, 6.07) is 9.41. The molecule has 1 aliphatic rings. The van der Waals surface area contributed by atoms with Gasteiger partial charge in [-0.2, -0.15) is 0 Å². The Morgan fingerprint density at radius 2 is 1.83 bits per heavy atom. The van der Waals surface area contributed by atoms with E-state index in [1.165, 1.54) is 7.11 Å². The van der Waals surface area contributed by atoms with Gasteiger partial charge in [0.2, 0.25) is 6.10 Å². The Balaban J connectivity index is 1.95. The molecule has 1 fully saturated rings. The van der Waals surface area contributed by atoms with Crippen LogP contribution in [0, 0.1) is 0 Å². The lowest BCUT2D eigenvalue weighted by Crippen LogP contribution is -2.43. The number of nitrogens with zero attached hydrogens (tertiary/aromatic N) is 1. The van der Waals surface area contributed by atoms with Crippen LogP contribution in [0.15, 0.2) is 30.3 Å². The van der Waals surface area contributed by atoms with Gasteiger partial charge in [-0.25, -0.2) is 9.59 Å². The molecule has 0 unspecified atom stereocenters. The molecular weight excluding hydrogens is 298 g/mol. The number of carbonyl (C=O) groups is 2. The summed E-state index contributed by atoms with van der Waals surface area (Å²) in [7, 11) is 2.96. The largest absolute Gasteiger partial charge is 0.466 e. The average Bonchev–Trinajstić information content (AvgIpc) is 2.61. The Morgan fingerprint density at radius 3 is 2.39 bits per heavy atom. The highest BCUT2D eigenvalue weighted by Crippen LogP contribution is 2.15. The van der Waals surface area contributed by atoms with Gasteiger partial charge in [0.25, 0.3) is 0 Å². The molecule has 1 aromatic rings. The Morgan fingerprint density at radius 1 is 1.17 bits per heavy atom. The van der Waals surface area contributed by atoms with Crippen molar-refractivity contribution in [3.63, 3.8) is 0 Å². The van der Waals surface area contributed by atoms with Gasteiger partial charge in [0.1, 0.15) is 0 Å². The topological polar surface area (TPSA) is 65.1 Å². The Hall–Kier alpha value is -2.08. The molecule has 1 amide bonds. The van der Waals surface area contributed by atoms with Crippen LogP contribution in [0.1, 0.15) is 18.4 Å². The molecule has 0 N–H and O–H groups in total. The zero-order valence-corrected chi connectivity index (χ0v) is 13.6. The quantitative estimate of drug-likeness (QED) is 0.776. The van der Waals surface area contributed by atoms with E-state index in [9.17, 15) is 9.59 Å². The van der Waals surface area contributed by atoms with Crippen molar-refractivity contribution in [2.75, 3.05) is 27.3 Å². The Bertz CT molecular complexity index is 511. The molecule has 0 spiro atoms. The number of amides is 1. The van der Waals surface area contributed by atoms with Gasteiger partial charge < -0.3 is 19.1 Å². The smallest absolute Gasteiger partial charge is 0.410 e. The van der Waals surface area contributed by atoms with Crippen LogP contribution < -0.4 is 0 Å². The van der Waals surface area contributed by atoms with Crippen molar-refractivity contribution in [1.29, 1.82) is 0 Å². The van der Waals surface area contributed by atoms with E-state index in [1.54, 1.807) is 12.0 Å². The highest BCUT2D eigenvalue weighted by molar-refractivity contribution is 5.79. The number of benzene rings is 1. The third-order valence-electron chi connectivity index (χ3n) is 4.00. The molecule has 0 saturated carbocycles. The zero-order chi connectivity index (χ0) is 16.7. The molecule has 2 rings (SSSR count). The number of rotatable bonds is 5. The molecule has 23 heavy (non-hydrogen) atoms. The summed E-state index contributed by atoms with van der Waals surface area (Å²) < 4.78 is 15.4. The first kappa shape index (κ1) is 17.3. The van der Waals surface area contributed by atoms with E-state index in [-0.39, 0.29) is 6.10 Å². The number of carbonyl (C=O) groups excluding carboxylic acids is 2. The summed E-state index contributed by atoms with van der Waals surface area (Å²) in [5.41, 5.74) is 0.911. The van der Waals surface area contributed by atoms with E-state index >= 15 is 0 Å². The summed E-state index contributed by atoms with van der Waals surface area (Å²) >= 11 is 0. The number of hydrogen-bond acceptors (Lipinski definition) is 5. The van der Waals surface area contributed by atoms with Gasteiger partial charge in [-0.15, -0.1) is 0 Å². The number of ether oxygens (including phenoxy) is 3. The molecule has 1 atom stereocenters. The van der Waals surface area contributed by atoms with Crippen LogP contribution in [0.3, 0.4) is 0 Å². The number of piperidine rings is 1. The van der Waals surface area contributed by atoms with Crippen molar-refractivity contribution >= 4 is 12.1 Å². The van der Waals surface area contributed by atoms with Gasteiger partial charge in [-0.05, 0) is 18.4 Å². The van der Waals surface area contributed by atoms with Crippen molar-refractivity contribution in [3.8, 4) is 0 Å². The van der Waals surface area contributed by atoms with E-state index in [2.05, 4.69) is 0 Å². The minimum atomic E-state index is -0.935. The van der Waals surface area contributed by atoms with Crippen LogP contribution in [0.4, 0.5) is 4.79 Å². The van der Waals surface area contributed by atoms with Gasteiger partial charge in [-0.3, -0.25) is 0 Å². The number of hydrogen-bond donors (Lipinski definition) is 0. The van der Waals surface area contributed by atoms with E-state index in [0.717, 1.165) is 18.4 Å². The van der Waals surface area contributed by atoms with Crippen molar-refractivity contribution in [2.24, 2.45) is 0 Å². The van der Waals surface area contributed by atoms with Crippen LogP contribution in [0.5, 0.6) is 0 Å². The summed E-state index contributed by atoms with van der Waals surface area (Å²) in [5, 5.41) is 0. The third-order valence-corrected chi connectivity index (χ3v) is 4.00. The van der Waals surface area contributed by atoms with Gasteiger partial charge in [0.15, 0.2) is 0 Å². The molecule has 1 aliphatic heterocycles. The van der Waals surface area contributed by atoms with Crippen molar-refractivity contribution in [2.45, 2.75) is 31.5 Å². The van der Waals surface area contributed by atoms with Crippen LogP contribution in [0.25, 0.3) is 0 Å². The van der Waals surface area contributed by atoms with Crippen molar-refractivity contribution < 1.29 is 23.8 Å². The lowest BCUT2D eigenvalue weighted by atomic mass is 10.1. The SMILES string of the molecule is COC(=O)[C@H](Cc1ccccc1)OC(=O)N1CCC(OC)CC1. The second-order valence-corrected chi connectivity index (χ2v) is 5.51. The maximum atomic E-state index is 12.3. The normalized spacial score (nSPS) is 16.7. The molecular formula is C17H23NO5. The average molecular weight is 321 g/mol. The number of likely N-dealkylation sites (tertiary alicyclic amines) is 1. The lowest BCUT2D eigenvalue weighted by molar-refractivity contribution is -0.151. The van der Waals surface area contributed by atoms with Gasteiger partial charge >= 0.3 is 12.1 Å². The summed E-state index contributed by atoms with van der Waals surface area (Å²) in [6.45, 7) is 1.13. The summed E-state index contributed by atoms with van der Waals surface area (Å²) in [5.74, 6) is -0.547. The van der Waals surface area contributed by atoms with Gasteiger partial charge in [0, 0.05) is 26.6 Å². The fourth-order valence-electron chi connectivity index (χ4n) is 2.60. The maximum Gasteiger partial charge on any atom is 0.410 e. The first-order valence-corrected chi connectivity index (χ1v) is 7.74. The highest BCUT2D eigenvalue weighted by atomic mass is 16.6. The second kappa shape index (κ2) is 8.53. The highest BCUT2D eigenvalue weighted by Gasteiger charge is 2.29. The first-order chi connectivity index (χ1) is 11.1. The predicted octanol–water partition coefficient (Wildman–Crippen LogP) is 2.02. The van der Waals surface area contributed by atoms with Crippen LogP contribution in [-0.2, 0) is 25.4 Å². The maximum absolute atomic E-state index is 12.3. The van der Waals surface area contributed by atoms with E-state index in [4.69, 9.17) is 14.2 Å². The minimum absolute atomic E-state index is 0.180. The Labute approximate surface area is 136 Å². The van der Waals surface area contributed by atoms with Crippen LogP contribution in [0.2, 0.25) is 0 Å². The van der Waals surface area contributed by atoms with E-state index in [0.29, 0.717) is 19.5 Å². The molecule has 0 aromatic heterocycles. The molecule has 126 valence electrons. The molecule has 0 aliphatic carbocycles. The number of methoxy groups -OCH3 is 2. The second-order valence-electron chi connectivity index (χ2n) is 5.51. The summed E-state index contributed by atoms with van der Waals surface area (Å²) in [4.78, 5) is 25.8. The fourth-order valence-corrected chi connectivity index (χ4v) is 2.60. The molecule has 6 nitrogen and oxygen atoms in total. The van der Waals surface area contributed by atoms with E-state index < -0.39 is 18.2 Å². The van der Waals surface area contributed by atoms with E-state index in [1.807, 2.05) is 30.3 Å². The van der Waals surface area contributed by atoms with Gasteiger partial charge in [-0.1, -0.05) is 30.3 Å². The monoisotopic (exact) mass is 321 g/mol. The van der Waals surface area contributed by atoms with Crippen molar-refractivity contribution in [3.05, 3.63) is 35.9 Å². The molecule has 1 aromatic carbocycles. The molecule has 6 heteroatoms. The molecule has 0 radical (unpaired) electrons. The van der Waals surface area contributed by atoms with Crippen molar-refractivity contribution in [1.82, 2.24) is 4.90 Å². The van der Waals surface area contributed by atoms with Gasteiger partial charge in [0.05, 0.1) is 13.2 Å². The fraction of sp³-hybridized carbons (Fsp3) is 0.529.